The summed E-state index contributed by atoms with van der Waals surface area (Å²) in [5, 5.41) is 0. The van der Waals surface area contributed by atoms with E-state index in [9.17, 15) is 0 Å². The molecule has 0 spiro atoms. The fourth-order valence-corrected chi connectivity index (χ4v) is 2.05. The molecule has 0 saturated carbocycles. The number of benzene rings is 1. The average Bonchev–Trinajstić information content (AvgIpc) is 2.27. The fraction of sp³-hybridized carbons (Fsp3) is 0.538. The Morgan fingerprint density at radius 3 is 2.65 bits per heavy atom. The first-order chi connectivity index (χ1) is 8.02. The molecule has 2 N–H and O–H groups in total. The minimum Gasteiger partial charge on any atom is -0.377 e. The van der Waals surface area contributed by atoms with Gasteiger partial charge in [-0.3, -0.25) is 0 Å². The van der Waals surface area contributed by atoms with Gasteiger partial charge in [-0.05, 0) is 37.6 Å². The maximum absolute atomic E-state index is 5.66. The zero-order chi connectivity index (χ0) is 12.8. The van der Waals surface area contributed by atoms with Crippen LogP contribution >= 0.6 is 15.9 Å². The number of nitrogens with zero attached hydrogens (tertiary/aromatic N) is 1. The normalized spacial score (nSPS) is 10.9. The smallest absolute Gasteiger partial charge is 0.0644 e. The number of rotatable bonds is 6. The van der Waals surface area contributed by atoms with Gasteiger partial charge < -0.3 is 15.4 Å². The lowest BCUT2D eigenvalue weighted by Crippen LogP contribution is -2.24. The first-order valence-corrected chi connectivity index (χ1v) is 6.64. The van der Waals surface area contributed by atoms with Crippen molar-refractivity contribution in [3.63, 3.8) is 0 Å². The van der Waals surface area contributed by atoms with Crippen molar-refractivity contribution in [1.29, 1.82) is 0 Å². The van der Waals surface area contributed by atoms with Gasteiger partial charge in [0.2, 0.25) is 0 Å². The molecule has 0 saturated heterocycles. The molecule has 0 heterocycles. The SMILES string of the molecule is CC(C)OCCN(C)c1cc(Br)cc(CN)c1. The van der Waals surface area contributed by atoms with Gasteiger partial charge in [0.25, 0.3) is 0 Å². The zero-order valence-electron chi connectivity index (χ0n) is 10.7. The van der Waals surface area contributed by atoms with Crippen molar-refractivity contribution >= 4 is 21.6 Å². The van der Waals surface area contributed by atoms with E-state index in [-0.39, 0.29) is 6.10 Å². The highest BCUT2D eigenvalue weighted by Crippen LogP contribution is 2.21. The van der Waals surface area contributed by atoms with Crippen molar-refractivity contribution in [1.82, 2.24) is 0 Å². The maximum atomic E-state index is 5.66. The van der Waals surface area contributed by atoms with Crippen LogP contribution in [-0.4, -0.2) is 26.3 Å². The lowest BCUT2D eigenvalue weighted by molar-refractivity contribution is 0.0846. The van der Waals surface area contributed by atoms with Crippen molar-refractivity contribution in [3.05, 3.63) is 28.2 Å². The number of nitrogens with two attached hydrogens (primary N) is 1. The van der Waals surface area contributed by atoms with Crippen molar-refractivity contribution < 1.29 is 4.74 Å². The van der Waals surface area contributed by atoms with E-state index in [0.717, 1.165) is 28.9 Å². The Balaban J connectivity index is 2.61. The number of ether oxygens (including phenoxy) is 1. The van der Waals surface area contributed by atoms with Gasteiger partial charge in [0.05, 0.1) is 12.7 Å². The third-order valence-electron chi connectivity index (χ3n) is 2.50. The second-order valence-electron chi connectivity index (χ2n) is 4.36. The molecule has 0 atom stereocenters. The van der Waals surface area contributed by atoms with E-state index in [2.05, 4.69) is 40.0 Å². The zero-order valence-corrected chi connectivity index (χ0v) is 12.3. The van der Waals surface area contributed by atoms with Gasteiger partial charge in [0, 0.05) is 30.3 Å². The number of hydrogen-bond acceptors (Lipinski definition) is 3. The second-order valence-corrected chi connectivity index (χ2v) is 5.28. The van der Waals surface area contributed by atoms with E-state index in [1.54, 1.807) is 0 Å². The topological polar surface area (TPSA) is 38.5 Å². The molecule has 17 heavy (non-hydrogen) atoms. The Kier molecular flexibility index (Phi) is 5.95. The number of hydrogen-bond donors (Lipinski definition) is 1. The van der Waals surface area contributed by atoms with Gasteiger partial charge in [-0.2, -0.15) is 0 Å². The van der Waals surface area contributed by atoms with Crippen LogP contribution < -0.4 is 10.6 Å². The van der Waals surface area contributed by atoms with Gasteiger partial charge in [-0.15, -0.1) is 0 Å². The molecule has 96 valence electrons. The quantitative estimate of drug-likeness (QED) is 0.878. The third-order valence-corrected chi connectivity index (χ3v) is 2.95. The lowest BCUT2D eigenvalue weighted by atomic mass is 10.2. The lowest BCUT2D eigenvalue weighted by Gasteiger charge is -2.21. The van der Waals surface area contributed by atoms with Crippen molar-refractivity contribution in [2.75, 3.05) is 25.1 Å². The van der Waals surface area contributed by atoms with E-state index >= 15 is 0 Å². The molecule has 1 rings (SSSR count). The summed E-state index contributed by atoms with van der Waals surface area (Å²) in [5.41, 5.74) is 7.95. The maximum Gasteiger partial charge on any atom is 0.0644 e. The van der Waals surface area contributed by atoms with E-state index in [1.165, 1.54) is 0 Å². The molecule has 0 aliphatic heterocycles. The molecule has 0 aliphatic rings. The van der Waals surface area contributed by atoms with Crippen LogP contribution in [0.5, 0.6) is 0 Å². The molecular weight excluding hydrogens is 280 g/mol. The Labute approximate surface area is 112 Å². The molecule has 0 bridgehead atoms. The predicted molar refractivity (Wildman–Crippen MR) is 76.4 cm³/mol. The highest BCUT2D eigenvalue weighted by atomic mass is 79.9. The van der Waals surface area contributed by atoms with E-state index in [0.29, 0.717) is 6.54 Å². The number of anilines is 1. The van der Waals surface area contributed by atoms with Crippen LogP contribution in [0.15, 0.2) is 22.7 Å². The Hall–Kier alpha value is -0.580. The molecule has 0 unspecified atom stereocenters. The molecule has 0 aromatic heterocycles. The molecule has 0 radical (unpaired) electrons. The van der Waals surface area contributed by atoms with E-state index in [4.69, 9.17) is 10.5 Å². The molecule has 0 aliphatic carbocycles. The summed E-state index contributed by atoms with van der Waals surface area (Å²) >= 11 is 3.50. The number of likely N-dealkylation sites (N-methyl/N-ethyl adjacent to an activating group) is 1. The van der Waals surface area contributed by atoms with Crippen LogP contribution in [0.1, 0.15) is 19.4 Å². The van der Waals surface area contributed by atoms with Gasteiger partial charge in [0.1, 0.15) is 0 Å². The minimum atomic E-state index is 0.283. The summed E-state index contributed by atoms with van der Waals surface area (Å²) in [6.45, 7) is 6.26. The van der Waals surface area contributed by atoms with Crippen molar-refractivity contribution in [3.8, 4) is 0 Å². The van der Waals surface area contributed by atoms with Gasteiger partial charge in [-0.1, -0.05) is 15.9 Å². The van der Waals surface area contributed by atoms with Crippen LogP contribution in [0.4, 0.5) is 5.69 Å². The summed E-state index contributed by atoms with van der Waals surface area (Å²) in [7, 11) is 2.06. The number of halogens is 1. The summed E-state index contributed by atoms with van der Waals surface area (Å²) < 4.78 is 6.60. The molecule has 1 aromatic carbocycles. The Morgan fingerprint density at radius 1 is 1.35 bits per heavy atom. The van der Waals surface area contributed by atoms with Crippen LogP contribution in [-0.2, 0) is 11.3 Å². The highest BCUT2D eigenvalue weighted by molar-refractivity contribution is 9.10. The molecular formula is C13H21BrN2O. The van der Waals surface area contributed by atoms with Gasteiger partial charge >= 0.3 is 0 Å². The second kappa shape index (κ2) is 6.99. The monoisotopic (exact) mass is 300 g/mol. The average molecular weight is 301 g/mol. The van der Waals surface area contributed by atoms with Crippen LogP contribution in [0.2, 0.25) is 0 Å². The first-order valence-electron chi connectivity index (χ1n) is 5.85. The highest BCUT2D eigenvalue weighted by Gasteiger charge is 2.04. The van der Waals surface area contributed by atoms with Gasteiger partial charge in [-0.25, -0.2) is 0 Å². The molecule has 3 nitrogen and oxygen atoms in total. The van der Waals surface area contributed by atoms with Crippen LogP contribution in [0, 0.1) is 0 Å². The summed E-state index contributed by atoms with van der Waals surface area (Å²) in [5.74, 6) is 0. The predicted octanol–water partition coefficient (Wildman–Crippen LogP) is 2.77. The molecule has 0 amide bonds. The standard InChI is InChI=1S/C13H21BrN2O/c1-10(2)17-5-4-16(3)13-7-11(9-15)6-12(14)8-13/h6-8,10H,4-5,9,15H2,1-3H3. The Morgan fingerprint density at radius 2 is 2.06 bits per heavy atom. The van der Waals surface area contributed by atoms with Gasteiger partial charge in [0.15, 0.2) is 0 Å². The third kappa shape index (κ3) is 5.06. The van der Waals surface area contributed by atoms with Crippen molar-refractivity contribution in [2.24, 2.45) is 5.73 Å². The van der Waals surface area contributed by atoms with E-state index in [1.807, 2.05) is 19.9 Å². The largest absolute Gasteiger partial charge is 0.377 e. The van der Waals surface area contributed by atoms with E-state index < -0.39 is 0 Å². The first kappa shape index (κ1) is 14.5. The minimum absolute atomic E-state index is 0.283. The summed E-state index contributed by atoms with van der Waals surface area (Å²) in [6, 6.07) is 6.25. The van der Waals surface area contributed by atoms with Crippen LogP contribution in [0.3, 0.4) is 0 Å². The van der Waals surface area contributed by atoms with Crippen LogP contribution in [0.25, 0.3) is 0 Å². The molecule has 0 fully saturated rings. The fourth-order valence-electron chi connectivity index (χ4n) is 1.53. The summed E-state index contributed by atoms with van der Waals surface area (Å²) in [6.07, 6.45) is 0.283. The van der Waals surface area contributed by atoms with Crippen molar-refractivity contribution in [2.45, 2.75) is 26.5 Å². The molecule has 4 heteroatoms. The molecule has 1 aromatic rings. The Bertz CT molecular complexity index is 355. The summed E-state index contributed by atoms with van der Waals surface area (Å²) in [4.78, 5) is 2.17.